The van der Waals surface area contributed by atoms with Crippen LogP contribution in [0.4, 0.5) is 0 Å². The molecule has 2 aromatic heterocycles. The van der Waals surface area contributed by atoms with Crippen molar-refractivity contribution in [1.29, 1.82) is 0 Å². The molecule has 2 aliphatic rings. The summed E-state index contributed by atoms with van der Waals surface area (Å²) in [5.41, 5.74) is 0.356. The third-order valence-corrected chi connectivity index (χ3v) is 4.84. The predicted molar refractivity (Wildman–Crippen MR) is 84.2 cm³/mol. The Labute approximate surface area is 139 Å². The maximum Gasteiger partial charge on any atom is 0.289 e. The maximum absolute atomic E-state index is 12.7. The van der Waals surface area contributed by atoms with Gasteiger partial charge in [-0.25, -0.2) is 4.98 Å². The predicted octanol–water partition coefficient (Wildman–Crippen LogP) is 1.45. The van der Waals surface area contributed by atoms with Crippen LogP contribution in [-0.4, -0.2) is 57.3 Å². The molecule has 0 saturated carbocycles. The van der Waals surface area contributed by atoms with Gasteiger partial charge in [-0.1, -0.05) is 0 Å². The molecule has 7 nitrogen and oxygen atoms in total. The quantitative estimate of drug-likeness (QED) is 0.834. The van der Waals surface area contributed by atoms with Gasteiger partial charge in [0.1, 0.15) is 5.69 Å². The number of amides is 2. The number of fused-ring (bicyclic) bond motifs is 1. The number of carbonyl (C=O) groups excluding carboxylic acids is 2. The van der Waals surface area contributed by atoms with Gasteiger partial charge in [0.05, 0.1) is 18.5 Å². The van der Waals surface area contributed by atoms with Crippen molar-refractivity contribution in [3.05, 3.63) is 48.4 Å². The number of aromatic nitrogens is 2. The molecular formula is C17H18N4O3. The molecule has 124 valence electrons. The molecule has 0 N–H and O–H groups in total. The second kappa shape index (κ2) is 6.07. The van der Waals surface area contributed by atoms with Crippen LogP contribution in [0.15, 0.2) is 41.4 Å². The number of likely N-dealkylation sites (tertiary alicyclic amines) is 2. The molecule has 2 saturated heterocycles. The Kier molecular flexibility index (Phi) is 3.76. The molecule has 2 fully saturated rings. The van der Waals surface area contributed by atoms with Crippen LogP contribution < -0.4 is 0 Å². The first-order valence-corrected chi connectivity index (χ1v) is 8.14. The van der Waals surface area contributed by atoms with Gasteiger partial charge < -0.3 is 14.2 Å². The van der Waals surface area contributed by atoms with E-state index in [1.165, 1.54) is 18.7 Å². The van der Waals surface area contributed by atoms with Crippen LogP contribution in [0.2, 0.25) is 0 Å². The number of carbonyl (C=O) groups is 2. The van der Waals surface area contributed by atoms with Crippen molar-refractivity contribution in [2.24, 2.45) is 5.92 Å². The average molecular weight is 326 g/mol. The number of hydrogen-bond donors (Lipinski definition) is 0. The molecule has 2 amide bonds. The molecule has 4 heterocycles. The summed E-state index contributed by atoms with van der Waals surface area (Å²) in [5.74, 6) is 0.435. The van der Waals surface area contributed by atoms with Crippen molar-refractivity contribution in [3.63, 3.8) is 0 Å². The Morgan fingerprint density at radius 3 is 2.88 bits per heavy atom. The number of hydrogen-bond acceptors (Lipinski definition) is 5. The SMILES string of the molecule is O=C(c1ccco1)N1C[C@H]2CCCN(C(=O)c3cnccn3)[C@H]2C1. The highest BCUT2D eigenvalue weighted by Gasteiger charge is 2.43. The van der Waals surface area contributed by atoms with E-state index < -0.39 is 0 Å². The van der Waals surface area contributed by atoms with Crippen LogP contribution in [0, 0.1) is 5.92 Å². The third-order valence-electron chi connectivity index (χ3n) is 4.84. The fourth-order valence-electron chi connectivity index (χ4n) is 3.71. The molecule has 4 rings (SSSR count). The molecule has 0 radical (unpaired) electrons. The minimum absolute atomic E-state index is 0.0344. The normalized spacial score (nSPS) is 23.2. The van der Waals surface area contributed by atoms with E-state index in [2.05, 4.69) is 9.97 Å². The van der Waals surface area contributed by atoms with Crippen molar-refractivity contribution in [2.45, 2.75) is 18.9 Å². The first-order valence-electron chi connectivity index (χ1n) is 8.14. The van der Waals surface area contributed by atoms with E-state index in [1.54, 1.807) is 23.2 Å². The summed E-state index contributed by atoms with van der Waals surface area (Å²) in [5, 5.41) is 0. The van der Waals surface area contributed by atoms with Crippen LogP contribution in [0.25, 0.3) is 0 Å². The summed E-state index contributed by atoms with van der Waals surface area (Å²) in [7, 11) is 0. The van der Waals surface area contributed by atoms with E-state index in [1.807, 2.05) is 4.90 Å². The van der Waals surface area contributed by atoms with Gasteiger partial charge in [0.2, 0.25) is 0 Å². The Hall–Kier alpha value is -2.70. The summed E-state index contributed by atoms with van der Waals surface area (Å²) >= 11 is 0. The average Bonchev–Trinajstić information content (AvgIpc) is 3.30. The third kappa shape index (κ3) is 2.55. The zero-order valence-electron chi connectivity index (χ0n) is 13.2. The van der Waals surface area contributed by atoms with Crippen molar-refractivity contribution in [2.75, 3.05) is 19.6 Å². The molecule has 0 spiro atoms. The molecule has 7 heteroatoms. The van der Waals surface area contributed by atoms with E-state index in [0.717, 1.165) is 12.8 Å². The second-order valence-corrected chi connectivity index (χ2v) is 6.25. The minimum Gasteiger partial charge on any atom is -0.459 e. The number of rotatable bonds is 2. The summed E-state index contributed by atoms with van der Waals surface area (Å²) < 4.78 is 5.21. The number of piperidine rings is 1. The molecule has 2 aromatic rings. The van der Waals surface area contributed by atoms with E-state index in [-0.39, 0.29) is 17.9 Å². The van der Waals surface area contributed by atoms with Crippen LogP contribution in [0.3, 0.4) is 0 Å². The molecule has 0 aromatic carbocycles. The fourth-order valence-corrected chi connectivity index (χ4v) is 3.71. The smallest absolute Gasteiger partial charge is 0.289 e. The van der Waals surface area contributed by atoms with Crippen molar-refractivity contribution in [1.82, 2.24) is 19.8 Å². The van der Waals surface area contributed by atoms with Gasteiger partial charge in [-0.05, 0) is 30.9 Å². The highest BCUT2D eigenvalue weighted by Crippen LogP contribution is 2.32. The van der Waals surface area contributed by atoms with Crippen LogP contribution in [0.5, 0.6) is 0 Å². The molecule has 2 aliphatic heterocycles. The highest BCUT2D eigenvalue weighted by molar-refractivity contribution is 5.93. The molecule has 0 aliphatic carbocycles. The molecule has 0 bridgehead atoms. The second-order valence-electron chi connectivity index (χ2n) is 6.25. The maximum atomic E-state index is 12.7. The lowest BCUT2D eigenvalue weighted by molar-refractivity contribution is 0.0557. The van der Waals surface area contributed by atoms with Gasteiger partial charge in [-0.3, -0.25) is 14.6 Å². The zero-order valence-corrected chi connectivity index (χ0v) is 13.2. The minimum atomic E-state index is -0.110. The number of furan rings is 1. The Morgan fingerprint density at radius 1 is 1.21 bits per heavy atom. The van der Waals surface area contributed by atoms with E-state index in [9.17, 15) is 9.59 Å². The van der Waals surface area contributed by atoms with Gasteiger partial charge in [-0.15, -0.1) is 0 Å². The van der Waals surface area contributed by atoms with Gasteiger partial charge in [0, 0.05) is 32.0 Å². The highest BCUT2D eigenvalue weighted by atomic mass is 16.3. The Bertz CT molecular complexity index is 732. The van der Waals surface area contributed by atoms with E-state index in [0.29, 0.717) is 37.0 Å². The van der Waals surface area contributed by atoms with Crippen molar-refractivity contribution >= 4 is 11.8 Å². The Morgan fingerprint density at radius 2 is 2.12 bits per heavy atom. The largest absolute Gasteiger partial charge is 0.459 e. The van der Waals surface area contributed by atoms with Gasteiger partial charge in [0.15, 0.2) is 5.76 Å². The monoisotopic (exact) mass is 326 g/mol. The fraction of sp³-hybridized carbons (Fsp3) is 0.412. The van der Waals surface area contributed by atoms with Crippen LogP contribution >= 0.6 is 0 Å². The first-order chi connectivity index (χ1) is 11.7. The molecule has 24 heavy (non-hydrogen) atoms. The Balaban J connectivity index is 1.53. The van der Waals surface area contributed by atoms with E-state index in [4.69, 9.17) is 4.42 Å². The van der Waals surface area contributed by atoms with Crippen LogP contribution in [-0.2, 0) is 0 Å². The standard InChI is InChI=1S/C17H18N4O3/c22-16(13-9-18-5-6-19-13)21-7-1-3-12-10-20(11-14(12)21)17(23)15-4-2-8-24-15/h2,4-6,8-9,12,14H,1,3,7,10-11H2/t12-,14+/m1/s1. The molecule has 2 atom stereocenters. The van der Waals surface area contributed by atoms with Gasteiger partial charge in [-0.2, -0.15) is 0 Å². The lowest BCUT2D eigenvalue weighted by Crippen LogP contribution is -2.48. The van der Waals surface area contributed by atoms with Crippen molar-refractivity contribution < 1.29 is 14.0 Å². The zero-order chi connectivity index (χ0) is 16.5. The van der Waals surface area contributed by atoms with Gasteiger partial charge in [0.25, 0.3) is 11.8 Å². The lowest BCUT2D eigenvalue weighted by Gasteiger charge is -2.36. The molecule has 0 unspecified atom stereocenters. The summed E-state index contributed by atoms with van der Waals surface area (Å²) in [6.07, 6.45) is 8.03. The lowest BCUT2D eigenvalue weighted by atomic mass is 9.92. The van der Waals surface area contributed by atoms with Crippen molar-refractivity contribution in [3.8, 4) is 0 Å². The first kappa shape index (κ1) is 14.9. The van der Waals surface area contributed by atoms with Gasteiger partial charge >= 0.3 is 0 Å². The molecular weight excluding hydrogens is 308 g/mol. The summed E-state index contributed by atoms with van der Waals surface area (Å²) in [4.78, 5) is 37.0. The number of nitrogens with zero attached hydrogens (tertiary/aromatic N) is 4. The van der Waals surface area contributed by atoms with E-state index >= 15 is 0 Å². The summed E-state index contributed by atoms with van der Waals surface area (Å²) in [6, 6.07) is 3.42. The van der Waals surface area contributed by atoms with Crippen LogP contribution in [0.1, 0.15) is 33.9 Å². The summed E-state index contributed by atoms with van der Waals surface area (Å²) in [6.45, 7) is 1.89. The topological polar surface area (TPSA) is 79.5 Å².